The zero-order valence-electron chi connectivity index (χ0n) is 17.4. The van der Waals surface area contributed by atoms with E-state index in [1.54, 1.807) is 29.6 Å². The van der Waals surface area contributed by atoms with E-state index in [-0.39, 0.29) is 17.9 Å². The van der Waals surface area contributed by atoms with Gasteiger partial charge in [0.05, 0.1) is 16.6 Å². The maximum atomic E-state index is 12.5. The van der Waals surface area contributed by atoms with Gasteiger partial charge in [-0.15, -0.1) is 0 Å². The van der Waals surface area contributed by atoms with Crippen LogP contribution in [0.5, 0.6) is 0 Å². The third-order valence-electron chi connectivity index (χ3n) is 5.19. The molecule has 0 saturated heterocycles. The largest absolute Gasteiger partial charge is 0.454 e. The molecule has 4 aromatic rings. The Labute approximate surface area is 172 Å². The van der Waals surface area contributed by atoms with Crippen LogP contribution in [0, 0.1) is 20.8 Å². The van der Waals surface area contributed by atoms with Crippen molar-refractivity contribution in [2.24, 2.45) is 0 Å². The summed E-state index contributed by atoms with van der Waals surface area (Å²) >= 11 is 0. The lowest BCUT2D eigenvalue weighted by Gasteiger charge is -2.14. The maximum Gasteiger partial charge on any atom is 0.306 e. The van der Waals surface area contributed by atoms with E-state index in [0.29, 0.717) is 23.1 Å². The van der Waals surface area contributed by atoms with E-state index in [0.717, 1.165) is 28.3 Å². The molecule has 0 aliphatic rings. The number of para-hydroxylation sites is 1. The molecule has 1 atom stereocenters. The molecular formula is C22H23N5O3. The highest BCUT2D eigenvalue weighted by Gasteiger charge is 2.17. The highest BCUT2D eigenvalue weighted by molar-refractivity contribution is 5.77. The number of H-pyrrole nitrogens is 1. The summed E-state index contributed by atoms with van der Waals surface area (Å²) < 4.78 is 7.32. The van der Waals surface area contributed by atoms with E-state index < -0.39 is 6.10 Å². The molecule has 8 heteroatoms. The smallest absolute Gasteiger partial charge is 0.306 e. The Kier molecular flexibility index (Phi) is 5.07. The number of hydrogen-bond acceptors (Lipinski definition) is 6. The quantitative estimate of drug-likeness (QED) is 0.512. The van der Waals surface area contributed by atoms with Crippen LogP contribution in [-0.2, 0) is 16.0 Å². The van der Waals surface area contributed by atoms with Crippen LogP contribution in [0.3, 0.4) is 0 Å². The number of aryl methyl sites for hydroxylation is 3. The van der Waals surface area contributed by atoms with Crippen molar-refractivity contribution in [1.82, 2.24) is 24.6 Å². The van der Waals surface area contributed by atoms with Crippen LogP contribution in [0.1, 0.15) is 47.9 Å². The summed E-state index contributed by atoms with van der Waals surface area (Å²) in [7, 11) is 0. The summed E-state index contributed by atoms with van der Waals surface area (Å²) in [5, 5.41) is 4.96. The number of aromatic amines is 1. The average Bonchev–Trinajstić information content (AvgIpc) is 3.08. The lowest BCUT2D eigenvalue weighted by atomic mass is 10.1. The van der Waals surface area contributed by atoms with Crippen LogP contribution in [0.15, 0.2) is 35.1 Å². The normalized spacial score (nSPS) is 12.4. The van der Waals surface area contributed by atoms with Gasteiger partial charge in [0, 0.05) is 23.9 Å². The minimum Gasteiger partial charge on any atom is -0.454 e. The molecule has 0 fully saturated rings. The van der Waals surface area contributed by atoms with Gasteiger partial charge in [-0.3, -0.25) is 9.59 Å². The summed E-state index contributed by atoms with van der Waals surface area (Å²) in [6.45, 7) is 7.53. The molecule has 0 aliphatic carbocycles. The number of aromatic nitrogens is 5. The Balaban J connectivity index is 1.48. The minimum atomic E-state index is -0.661. The first-order valence-electron chi connectivity index (χ1n) is 9.84. The summed E-state index contributed by atoms with van der Waals surface area (Å²) in [6, 6.07) is 8.98. The van der Waals surface area contributed by atoms with E-state index in [9.17, 15) is 9.59 Å². The second-order valence-corrected chi connectivity index (χ2v) is 7.42. The van der Waals surface area contributed by atoms with Crippen LogP contribution in [0.25, 0.3) is 16.6 Å². The molecule has 1 N–H and O–H groups in total. The number of benzene rings is 1. The van der Waals surface area contributed by atoms with E-state index in [1.165, 1.54) is 0 Å². The van der Waals surface area contributed by atoms with Crippen LogP contribution in [-0.4, -0.2) is 30.5 Å². The molecule has 0 radical (unpaired) electrons. The van der Waals surface area contributed by atoms with Crippen molar-refractivity contribution in [3.05, 3.63) is 69.2 Å². The fourth-order valence-electron chi connectivity index (χ4n) is 3.64. The van der Waals surface area contributed by atoms with Crippen LogP contribution < -0.4 is 5.56 Å². The van der Waals surface area contributed by atoms with Gasteiger partial charge in [-0.1, -0.05) is 12.1 Å². The number of fused-ring (bicyclic) bond motifs is 2. The van der Waals surface area contributed by atoms with Crippen LogP contribution in [0.4, 0.5) is 0 Å². The molecule has 0 spiro atoms. The number of carbonyl (C=O) groups is 1. The van der Waals surface area contributed by atoms with Crippen molar-refractivity contribution >= 4 is 22.5 Å². The summed E-state index contributed by atoms with van der Waals surface area (Å²) in [5.74, 6) is -0.0386. The van der Waals surface area contributed by atoms with Gasteiger partial charge >= 0.3 is 5.97 Å². The zero-order chi connectivity index (χ0) is 21.4. The number of nitrogens with zero attached hydrogens (tertiary/aromatic N) is 4. The number of ether oxygens (including phenoxy) is 1. The lowest BCUT2D eigenvalue weighted by molar-refractivity contribution is -0.148. The monoisotopic (exact) mass is 405 g/mol. The van der Waals surface area contributed by atoms with Gasteiger partial charge in [-0.05, 0) is 51.8 Å². The molecule has 30 heavy (non-hydrogen) atoms. The Morgan fingerprint density at radius 3 is 2.77 bits per heavy atom. The fourth-order valence-corrected chi connectivity index (χ4v) is 3.64. The molecule has 154 valence electrons. The van der Waals surface area contributed by atoms with Gasteiger partial charge in [0.2, 0.25) is 0 Å². The molecule has 0 amide bonds. The Morgan fingerprint density at radius 1 is 1.20 bits per heavy atom. The van der Waals surface area contributed by atoms with Crippen molar-refractivity contribution in [1.29, 1.82) is 0 Å². The van der Waals surface area contributed by atoms with Gasteiger partial charge < -0.3 is 9.72 Å². The minimum absolute atomic E-state index is 0.192. The Bertz CT molecular complexity index is 1320. The predicted octanol–water partition coefficient (Wildman–Crippen LogP) is 3.13. The average molecular weight is 405 g/mol. The third kappa shape index (κ3) is 3.68. The number of hydrogen-bond donors (Lipinski definition) is 1. The highest BCUT2D eigenvalue weighted by atomic mass is 16.5. The molecule has 0 bridgehead atoms. The number of nitrogens with one attached hydrogen (secondary N) is 1. The first kappa shape index (κ1) is 19.8. The molecule has 0 unspecified atom stereocenters. The molecule has 3 aromatic heterocycles. The van der Waals surface area contributed by atoms with E-state index in [2.05, 4.69) is 20.1 Å². The SMILES string of the molecule is Cc1cc2nc(C)c(CCC(=O)O[C@@H](C)c3nc4ccccc4c(=O)[nH]3)c(C)n2n1. The molecule has 4 rings (SSSR count). The topological polar surface area (TPSA) is 102 Å². The summed E-state index contributed by atoms with van der Waals surface area (Å²) in [4.78, 5) is 36.4. The predicted molar refractivity (Wildman–Crippen MR) is 112 cm³/mol. The fraction of sp³-hybridized carbons (Fsp3) is 0.318. The van der Waals surface area contributed by atoms with Crippen molar-refractivity contribution in [2.45, 2.75) is 46.6 Å². The first-order chi connectivity index (χ1) is 14.3. The van der Waals surface area contributed by atoms with Crippen molar-refractivity contribution < 1.29 is 9.53 Å². The third-order valence-corrected chi connectivity index (χ3v) is 5.19. The van der Waals surface area contributed by atoms with Gasteiger partial charge in [-0.2, -0.15) is 5.10 Å². The van der Waals surface area contributed by atoms with Crippen molar-refractivity contribution in [3.63, 3.8) is 0 Å². The molecular weight excluding hydrogens is 382 g/mol. The van der Waals surface area contributed by atoms with E-state index in [1.807, 2.05) is 32.9 Å². The summed E-state index contributed by atoms with van der Waals surface area (Å²) in [5.41, 5.74) is 4.83. The zero-order valence-corrected chi connectivity index (χ0v) is 17.4. The van der Waals surface area contributed by atoms with Crippen molar-refractivity contribution in [3.8, 4) is 0 Å². The highest BCUT2D eigenvalue weighted by Crippen LogP contribution is 2.19. The van der Waals surface area contributed by atoms with Crippen molar-refractivity contribution in [2.75, 3.05) is 0 Å². The van der Waals surface area contributed by atoms with Gasteiger partial charge in [0.1, 0.15) is 0 Å². The van der Waals surface area contributed by atoms with Gasteiger partial charge in [0.15, 0.2) is 17.6 Å². The number of esters is 1. The first-order valence-corrected chi connectivity index (χ1v) is 9.84. The second-order valence-electron chi connectivity index (χ2n) is 7.42. The molecule has 0 aliphatic heterocycles. The Morgan fingerprint density at radius 2 is 1.97 bits per heavy atom. The van der Waals surface area contributed by atoms with Gasteiger partial charge in [-0.25, -0.2) is 14.5 Å². The second kappa shape index (κ2) is 7.70. The van der Waals surface area contributed by atoms with Crippen LogP contribution in [0.2, 0.25) is 0 Å². The lowest BCUT2D eigenvalue weighted by Crippen LogP contribution is -2.18. The molecule has 8 nitrogen and oxygen atoms in total. The maximum absolute atomic E-state index is 12.5. The van der Waals surface area contributed by atoms with E-state index >= 15 is 0 Å². The van der Waals surface area contributed by atoms with Crippen LogP contribution >= 0.6 is 0 Å². The standard InChI is InChI=1S/C22H23N5O3/c1-12-11-19-23-13(2)16(14(3)27(19)26-12)9-10-20(28)30-15(4)21-24-18-8-6-5-7-17(18)22(29)25-21/h5-8,11,15H,9-10H2,1-4H3,(H,24,25,29)/t15-/m0/s1. The molecule has 0 saturated carbocycles. The molecule has 3 heterocycles. The summed E-state index contributed by atoms with van der Waals surface area (Å²) in [6.07, 6.45) is 0.0238. The number of rotatable bonds is 5. The number of carbonyl (C=O) groups excluding carboxylic acids is 1. The Hall–Kier alpha value is -3.55. The van der Waals surface area contributed by atoms with E-state index in [4.69, 9.17) is 4.74 Å². The molecule has 1 aromatic carbocycles. The van der Waals surface area contributed by atoms with Gasteiger partial charge in [0.25, 0.3) is 5.56 Å².